The number of benzene rings is 1. The quantitative estimate of drug-likeness (QED) is 0.551. The highest BCUT2D eigenvalue weighted by molar-refractivity contribution is 5.94. The molecule has 1 aromatic rings. The first-order valence-electron chi connectivity index (χ1n) is 4.69. The van der Waals surface area contributed by atoms with E-state index in [1.807, 2.05) is 6.07 Å². The van der Waals surface area contributed by atoms with Crippen molar-refractivity contribution >= 4 is 5.91 Å². The molecule has 15 heavy (non-hydrogen) atoms. The maximum Gasteiger partial charge on any atom is 0.277 e. The van der Waals surface area contributed by atoms with Crippen molar-refractivity contribution in [1.29, 1.82) is 0 Å². The lowest BCUT2D eigenvalue weighted by Gasteiger charge is -2.27. The zero-order valence-electron chi connectivity index (χ0n) is 9.10. The molecule has 0 fully saturated rings. The molecule has 0 aliphatic heterocycles. The molecule has 0 N–H and O–H groups in total. The number of hydrogen-bond donors (Lipinski definition) is 0. The molecule has 4 heteroatoms. The molecule has 0 atom stereocenters. The largest absolute Gasteiger partial charge is 0.277 e. The van der Waals surface area contributed by atoms with Gasteiger partial charge in [0.15, 0.2) is 0 Å². The fraction of sp³-hybridized carbons (Fsp3) is 0.364. The molecule has 0 bridgehead atoms. The summed E-state index contributed by atoms with van der Waals surface area (Å²) in [5.41, 5.74) is -0.138. The van der Waals surface area contributed by atoms with E-state index in [1.165, 1.54) is 0 Å². The second-order valence-corrected chi connectivity index (χ2v) is 4.24. The SMILES string of the molecule is CC(C)(C)N(N=O)C(=O)c1ccccc1. The summed E-state index contributed by atoms with van der Waals surface area (Å²) in [5, 5.41) is 3.72. The minimum Gasteiger partial charge on any atom is -0.267 e. The number of rotatable bonds is 2. The fourth-order valence-electron chi connectivity index (χ4n) is 1.17. The van der Waals surface area contributed by atoms with Crippen LogP contribution in [-0.4, -0.2) is 16.5 Å². The van der Waals surface area contributed by atoms with Crippen LogP contribution in [0.1, 0.15) is 31.1 Å². The molecule has 0 saturated carbocycles. The van der Waals surface area contributed by atoms with Crippen LogP contribution in [0.25, 0.3) is 0 Å². The predicted molar refractivity (Wildman–Crippen MR) is 58.2 cm³/mol. The maximum absolute atomic E-state index is 11.9. The fourth-order valence-corrected chi connectivity index (χ4v) is 1.17. The van der Waals surface area contributed by atoms with Gasteiger partial charge in [0.05, 0.1) is 10.8 Å². The summed E-state index contributed by atoms with van der Waals surface area (Å²) in [6.45, 7) is 5.28. The standard InChI is InChI=1S/C11H14N2O2/c1-11(2,3)13(12-15)10(14)9-7-5-4-6-8-9/h4-8H,1-3H3. The van der Waals surface area contributed by atoms with E-state index >= 15 is 0 Å². The lowest BCUT2D eigenvalue weighted by atomic mass is 10.1. The van der Waals surface area contributed by atoms with Gasteiger partial charge < -0.3 is 0 Å². The van der Waals surface area contributed by atoms with Crippen LogP contribution in [-0.2, 0) is 0 Å². The van der Waals surface area contributed by atoms with Crippen LogP contribution >= 0.6 is 0 Å². The van der Waals surface area contributed by atoms with Crippen LogP contribution < -0.4 is 0 Å². The Balaban J connectivity index is 2.98. The topological polar surface area (TPSA) is 49.7 Å². The van der Waals surface area contributed by atoms with Gasteiger partial charge in [-0.15, -0.1) is 4.91 Å². The molecule has 0 saturated heterocycles. The smallest absolute Gasteiger partial charge is 0.267 e. The molecule has 0 unspecified atom stereocenters. The van der Waals surface area contributed by atoms with E-state index in [4.69, 9.17) is 0 Å². The minimum absolute atomic E-state index is 0.377. The molecule has 4 nitrogen and oxygen atoms in total. The second kappa shape index (κ2) is 4.21. The van der Waals surface area contributed by atoms with Crippen molar-refractivity contribution in [3.8, 4) is 0 Å². The highest BCUT2D eigenvalue weighted by Crippen LogP contribution is 2.17. The molecular formula is C11H14N2O2. The van der Waals surface area contributed by atoms with Crippen molar-refractivity contribution < 1.29 is 4.79 Å². The van der Waals surface area contributed by atoms with Crippen LogP contribution in [0.4, 0.5) is 0 Å². The monoisotopic (exact) mass is 206 g/mol. The number of carbonyl (C=O) groups excluding carboxylic acids is 1. The van der Waals surface area contributed by atoms with Gasteiger partial charge in [0.25, 0.3) is 5.91 Å². The van der Waals surface area contributed by atoms with Crippen molar-refractivity contribution in [3.05, 3.63) is 40.8 Å². The van der Waals surface area contributed by atoms with Gasteiger partial charge in [-0.25, -0.2) is 0 Å². The van der Waals surface area contributed by atoms with Crippen molar-refractivity contribution in [3.63, 3.8) is 0 Å². The van der Waals surface area contributed by atoms with E-state index in [1.54, 1.807) is 45.0 Å². The summed E-state index contributed by atoms with van der Waals surface area (Å²) < 4.78 is 0. The van der Waals surface area contributed by atoms with Gasteiger partial charge in [-0.3, -0.25) is 4.79 Å². The molecule has 80 valence electrons. The molecule has 0 radical (unpaired) electrons. The second-order valence-electron chi connectivity index (χ2n) is 4.24. The third kappa shape index (κ3) is 2.62. The highest BCUT2D eigenvalue weighted by atomic mass is 16.3. The number of nitrogens with zero attached hydrogens (tertiary/aromatic N) is 2. The number of nitroso groups, excluding NO2 is 1. The minimum atomic E-state index is -0.603. The first-order chi connectivity index (χ1) is 6.96. The first-order valence-corrected chi connectivity index (χ1v) is 4.69. The van der Waals surface area contributed by atoms with Crippen molar-refractivity contribution in [2.24, 2.45) is 5.29 Å². The van der Waals surface area contributed by atoms with Gasteiger partial charge in [-0.1, -0.05) is 18.2 Å². The summed E-state index contributed by atoms with van der Waals surface area (Å²) in [6, 6.07) is 8.63. The number of hydrogen-bond acceptors (Lipinski definition) is 3. The molecule has 1 rings (SSSR count). The molecule has 0 aliphatic carbocycles. The predicted octanol–water partition coefficient (Wildman–Crippen LogP) is 2.61. The zero-order valence-corrected chi connectivity index (χ0v) is 9.10. The molecule has 0 spiro atoms. The first kappa shape index (κ1) is 11.4. The van der Waals surface area contributed by atoms with E-state index in [9.17, 15) is 9.70 Å². The molecule has 0 aliphatic rings. The van der Waals surface area contributed by atoms with E-state index in [0.717, 1.165) is 5.01 Å². The van der Waals surface area contributed by atoms with Crippen molar-refractivity contribution in [2.75, 3.05) is 0 Å². The van der Waals surface area contributed by atoms with Crippen LogP contribution in [0.3, 0.4) is 0 Å². The van der Waals surface area contributed by atoms with Crippen molar-refractivity contribution in [1.82, 2.24) is 5.01 Å². The van der Waals surface area contributed by atoms with E-state index < -0.39 is 5.54 Å². The Morgan fingerprint density at radius 3 is 2.13 bits per heavy atom. The van der Waals surface area contributed by atoms with Crippen LogP contribution in [0.5, 0.6) is 0 Å². The van der Waals surface area contributed by atoms with Crippen LogP contribution in [0, 0.1) is 4.91 Å². The average molecular weight is 206 g/mol. The Labute approximate surface area is 88.8 Å². The van der Waals surface area contributed by atoms with E-state index in [2.05, 4.69) is 5.29 Å². The Kier molecular flexibility index (Phi) is 3.19. The molecule has 0 heterocycles. The normalized spacial score (nSPS) is 10.9. The molecular weight excluding hydrogens is 192 g/mol. The van der Waals surface area contributed by atoms with Gasteiger partial charge in [-0.2, -0.15) is 5.01 Å². The molecule has 1 aromatic carbocycles. The lowest BCUT2D eigenvalue weighted by molar-refractivity contribution is 0.0585. The molecule has 1 amide bonds. The van der Waals surface area contributed by atoms with Crippen molar-refractivity contribution in [2.45, 2.75) is 26.3 Å². The average Bonchev–Trinajstić information content (AvgIpc) is 2.18. The third-order valence-corrected chi connectivity index (χ3v) is 1.93. The Hall–Kier alpha value is -1.71. The van der Waals surface area contributed by atoms with Gasteiger partial charge in [0.2, 0.25) is 0 Å². The van der Waals surface area contributed by atoms with E-state index in [-0.39, 0.29) is 5.91 Å². The van der Waals surface area contributed by atoms with Gasteiger partial charge in [0, 0.05) is 5.56 Å². The molecule has 0 aromatic heterocycles. The van der Waals surface area contributed by atoms with Gasteiger partial charge in [0.1, 0.15) is 0 Å². The van der Waals surface area contributed by atoms with Crippen LogP contribution in [0.2, 0.25) is 0 Å². The number of amides is 1. The van der Waals surface area contributed by atoms with Gasteiger partial charge >= 0.3 is 0 Å². The zero-order chi connectivity index (χ0) is 11.5. The Bertz CT molecular complexity index is 355. The van der Waals surface area contributed by atoms with E-state index in [0.29, 0.717) is 5.56 Å². The Morgan fingerprint density at radius 2 is 1.73 bits per heavy atom. The third-order valence-electron chi connectivity index (χ3n) is 1.93. The summed E-state index contributed by atoms with van der Waals surface area (Å²) in [7, 11) is 0. The van der Waals surface area contributed by atoms with Crippen LogP contribution in [0.15, 0.2) is 35.6 Å². The summed E-state index contributed by atoms with van der Waals surface area (Å²) in [5.74, 6) is -0.377. The Morgan fingerprint density at radius 1 is 1.20 bits per heavy atom. The highest BCUT2D eigenvalue weighted by Gasteiger charge is 2.28. The lowest BCUT2D eigenvalue weighted by Crippen LogP contribution is -2.41. The summed E-state index contributed by atoms with van der Waals surface area (Å²) in [4.78, 5) is 22.5. The van der Waals surface area contributed by atoms with Gasteiger partial charge in [-0.05, 0) is 32.9 Å². The number of carbonyl (C=O) groups is 1. The summed E-state index contributed by atoms with van der Waals surface area (Å²) in [6.07, 6.45) is 0. The summed E-state index contributed by atoms with van der Waals surface area (Å²) >= 11 is 0. The maximum atomic E-state index is 11.9.